The van der Waals surface area contributed by atoms with Crippen LogP contribution in [-0.2, 0) is 13.1 Å². The van der Waals surface area contributed by atoms with E-state index in [0.29, 0.717) is 17.1 Å². The molecule has 152 valence electrons. The first-order chi connectivity index (χ1) is 14.1. The van der Waals surface area contributed by atoms with Gasteiger partial charge in [0.25, 0.3) is 0 Å². The largest absolute Gasteiger partial charge is 0.354 e. The van der Waals surface area contributed by atoms with E-state index in [-0.39, 0.29) is 24.2 Å². The molecule has 0 unspecified atom stereocenters. The number of nitrogens with zero attached hydrogens (tertiary/aromatic N) is 3. The number of nitriles is 1. The van der Waals surface area contributed by atoms with Crippen LogP contribution in [0.15, 0.2) is 47.5 Å². The number of guanidine groups is 1. The van der Waals surface area contributed by atoms with Crippen molar-refractivity contribution in [2.24, 2.45) is 4.99 Å². The summed E-state index contributed by atoms with van der Waals surface area (Å²) in [4.78, 5) is 6.57. The van der Waals surface area contributed by atoms with E-state index in [1.807, 2.05) is 18.2 Å². The third-order valence-electron chi connectivity index (χ3n) is 5.09. The van der Waals surface area contributed by atoms with Crippen molar-refractivity contribution in [1.29, 1.82) is 5.26 Å². The van der Waals surface area contributed by atoms with E-state index in [2.05, 4.69) is 20.5 Å². The first-order valence-electron chi connectivity index (χ1n) is 9.70. The number of halogens is 2. The number of benzene rings is 2. The van der Waals surface area contributed by atoms with Crippen molar-refractivity contribution in [3.63, 3.8) is 0 Å². The molecule has 3 rings (SSSR count). The van der Waals surface area contributed by atoms with Crippen molar-refractivity contribution in [2.45, 2.75) is 32.0 Å². The van der Waals surface area contributed by atoms with Crippen LogP contribution in [0.25, 0.3) is 0 Å². The molecule has 2 aromatic carbocycles. The second kappa shape index (κ2) is 9.99. The van der Waals surface area contributed by atoms with Crippen LogP contribution in [0.4, 0.5) is 8.78 Å². The van der Waals surface area contributed by atoms with E-state index in [4.69, 9.17) is 5.26 Å². The fourth-order valence-corrected chi connectivity index (χ4v) is 3.43. The van der Waals surface area contributed by atoms with E-state index in [9.17, 15) is 8.78 Å². The zero-order valence-corrected chi connectivity index (χ0v) is 16.5. The van der Waals surface area contributed by atoms with E-state index in [0.717, 1.165) is 38.0 Å². The van der Waals surface area contributed by atoms with Crippen molar-refractivity contribution in [1.82, 2.24) is 15.5 Å². The van der Waals surface area contributed by atoms with Gasteiger partial charge in [-0.25, -0.2) is 8.78 Å². The Hall–Kier alpha value is -2.98. The molecule has 0 spiro atoms. The van der Waals surface area contributed by atoms with Gasteiger partial charge < -0.3 is 10.6 Å². The molecule has 0 aromatic heterocycles. The third-order valence-corrected chi connectivity index (χ3v) is 5.09. The molecular weight excluding hydrogens is 372 g/mol. The predicted octanol–water partition coefficient (Wildman–Crippen LogP) is 3.17. The first-order valence-corrected chi connectivity index (χ1v) is 9.70. The monoisotopic (exact) mass is 397 g/mol. The number of hydrogen-bond acceptors (Lipinski definition) is 3. The molecule has 1 aliphatic heterocycles. The summed E-state index contributed by atoms with van der Waals surface area (Å²) in [6, 6.07) is 13.3. The molecule has 1 saturated heterocycles. The number of nitrogens with one attached hydrogen (secondary N) is 2. The number of hydrogen-bond donors (Lipinski definition) is 2. The Morgan fingerprint density at radius 1 is 1.17 bits per heavy atom. The van der Waals surface area contributed by atoms with Gasteiger partial charge in [-0.15, -0.1) is 0 Å². The van der Waals surface area contributed by atoms with E-state index < -0.39 is 0 Å². The molecule has 0 atom stereocenters. The summed E-state index contributed by atoms with van der Waals surface area (Å²) >= 11 is 0. The van der Waals surface area contributed by atoms with Gasteiger partial charge in [-0.3, -0.25) is 9.89 Å². The van der Waals surface area contributed by atoms with Crippen LogP contribution in [0.5, 0.6) is 0 Å². The fourth-order valence-electron chi connectivity index (χ4n) is 3.43. The molecule has 29 heavy (non-hydrogen) atoms. The summed E-state index contributed by atoms with van der Waals surface area (Å²) in [6.45, 7) is 2.94. The van der Waals surface area contributed by atoms with Gasteiger partial charge in [0, 0.05) is 44.8 Å². The normalized spacial score (nSPS) is 15.7. The molecular formula is C22H25F2N5. The smallest absolute Gasteiger partial charge is 0.191 e. The van der Waals surface area contributed by atoms with Gasteiger partial charge in [0.2, 0.25) is 0 Å². The zero-order chi connectivity index (χ0) is 20.6. The maximum Gasteiger partial charge on any atom is 0.191 e. The molecule has 0 amide bonds. The maximum absolute atomic E-state index is 13.9. The summed E-state index contributed by atoms with van der Waals surface area (Å²) < 4.78 is 27.0. The molecule has 2 aromatic rings. The van der Waals surface area contributed by atoms with Crippen molar-refractivity contribution in [3.05, 3.63) is 70.8 Å². The number of piperidine rings is 1. The van der Waals surface area contributed by atoms with E-state index in [1.54, 1.807) is 13.1 Å². The lowest BCUT2D eigenvalue weighted by Crippen LogP contribution is -2.48. The molecule has 1 heterocycles. The summed E-state index contributed by atoms with van der Waals surface area (Å²) in [6.07, 6.45) is 1.92. The minimum atomic E-state index is -0.346. The maximum atomic E-state index is 13.9. The predicted molar refractivity (Wildman–Crippen MR) is 109 cm³/mol. The highest BCUT2D eigenvalue weighted by Gasteiger charge is 2.20. The summed E-state index contributed by atoms with van der Waals surface area (Å²) in [5, 5.41) is 15.5. The molecule has 1 aliphatic rings. The van der Waals surface area contributed by atoms with Crippen molar-refractivity contribution < 1.29 is 8.78 Å². The second-order valence-electron chi connectivity index (χ2n) is 7.16. The molecule has 0 radical (unpaired) electrons. The van der Waals surface area contributed by atoms with E-state index in [1.165, 1.54) is 24.3 Å². The first kappa shape index (κ1) is 20.7. The van der Waals surface area contributed by atoms with Crippen LogP contribution in [0.1, 0.15) is 29.5 Å². The van der Waals surface area contributed by atoms with Crippen LogP contribution in [0, 0.1) is 23.0 Å². The van der Waals surface area contributed by atoms with Gasteiger partial charge in [-0.05, 0) is 48.7 Å². The molecule has 2 N–H and O–H groups in total. The summed E-state index contributed by atoms with van der Waals surface area (Å²) in [5.74, 6) is 0.0552. The number of rotatable bonds is 5. The average Bonchev–Trinajstić information content (AvgIpc) is 2.75. The van der Waals surface area contributed by atoms with Crippen LogP contribution in [0.2, 0.25) is 0 Å². The quantitative estimate of drug-likeness (QED) is 0.601. The molecule has 0 saturated carbocycles. The Morgan fingerprint density at radius 2 is 1.90 bits per heavy atom. The van der Waals surface area contributed by atoms with Crippen LogP contribution in [0.3, 0.4) is 0 Å². The summed E-state index contributed by atoms with van der Waals surface area (Å²) in [5.41, 5.74) is 1.97. The SMILES string of the molecule is CN=C(NCc1cc(C#N)ccc1F)NC1CCN(Cc2ccc(F)cc2)CC1. The van der Waals surface area contributed by atoms with Gasteiger partial charge in [0.15, 0.2) is 5.96 Å². The van der Waals surface area contributed by atoms with E-state index >= 15 is 0 Å². The lowest BCUT2D eigenvalue weighted by molar-refractivity contribution is 0.198. The van der Waals surface area contributed by atoms with Crippen LogP contribution in [-0.4, -0.2) is 37.0 Å². The molecule has 0 bridgehead atoms. The van der Waals surface area contributed by atoms with Gasteiger partial charge in [0.05, 0.1) is 11.6 Å². The highest BCUT2D eigenvalue weighted by Crippen LogP contribution is 2.15. The van der Waals surface area contributed by atoms with Crippen LogP contribution >= 0.6 is 0 Å². The Morgan fingerprint density at radius 3 is 2.55 bits per heavy atom. The number of likely N-dealkylation sites (tertiary alicyclic amines) is 1. The Labute approximate surface area is 170 Å². The minimum Gasteiger partial charge on any atom is -0.354 e. The molecule has 1 fully saturated rings. The number of aliphatic imine (C=N–C) groups is 1. The standard InChI is InChI=1S/C22H25F2N5/c1-26-22(27-14-18-12-17(13-25)4-7-21(18)24)28-20-8-10-29(11-9-20)15-16-2-5-19(23)6-3-16/h2-7,12,20H,8-11,14-15H2,1H3,(H2,26,27,28). The lowest BCUT2D eigenvalue weighted by atomic mass is 10.0. The van der Waals surface area contributed by atoms with Gasteiger partial charge in [-0.2, -0.15) is 5.26 Å². The third kappa shape index (κ3) is 6.00. The van der Waals surface area contributed by atoms with Crippen molar-refractivity contribution >= 4 is 5.96 Å². The Balaban J connectivity index is 1.46. The molecule has 7 heteroatoms. The van der Waals surface area contributed by atoms with Crippen LogP contribution < -0.4 is 10.6 Å². The van der Waals surface area contributed by atoms with Crippen molar-refractivity contribution in [2.75, 3.05) is 20.1 Å². The molecule has 5 nitrogen and oxygen atoms in total. The minimum absolute atomic E-state index is 0.213. The average molecular weight is 397 g/mol. The topological polar surface area (TPSA) is 63.5 Å². The summed E-state index contributed by atoms with van der Waals surface area (Å²) in [7, 11) is 1.68. The van der Waals surface area contributed by atoms with Gasteiger partial charge in [-0.1, -0.05) is 12.1 Å². The van der Waals surface area contributed by atoms with Crippen molar-refractivity contribution in [3.8, 4) is 6.07 Å². The highest BCUT2D eigenvalue weighted by molar-refractivity contribution is 5.80. The fraction of sp³-hybridized carbons (Fsp3) is 0.364. The highest BCUT2D eigenvalue weighted by atomic mass is 19.1. The van der Waals surface area contributed by atoms with Gasteiger partial charge in [0.1, 0.15) is 11.6 Å². The molecule has 0 aliphatic carbocycles. The zero-order valence-electron chi connectivity index (χ0n) is 16.5. The van der Waals surface area contributed by atoms with Gasteiger partial charge >= 0.3 is 0 Å². The Bertz CT molecular complexity index is 881. The lowest BCUT2D eigenvalue weighted by Gasteiger charge is -2.33. The Kier molecular flexibility index (Phi) is 7.14. The second-order valence-corrected chi connectivity index (χ2v) is 7.16.